The molecule has 2 aromatic rings. The van der Waals surface area contributed by atoms with E-state index in [1.807, 2.05) is 37.3 Å². The first-order chi connectivity index (χ1) is 13.4. The molecule has 1 amide bonds. The van der Waals surface area contributed by atoms with E-state index >= 15 is 0 Å². The van der Waals surface area contributed by atoms with Gasteiger partial charge in [0.25, 0.3) is 5.91 Å². The molecule has 0 bridgehead atoms. The molecule has 0 saturated carbocycles. The zero-order valence-electron chi connectivity index (χ0n) is 16.6. The lowest BCUT2D eigenvalue weighted by Gasteiger charge is -2.22. The summed E-state index contributed by atoms with van der Waals surface area (Å²) in [5, 5.41) is 19.5. The lowest BCUT2D eigenvalue weighted by molar-refractivity contribution is 0.0672. The van der Waals surface area contributed by atoms with Crippen LogP contribution in [-0.4, -0.2) is 43.2 Å². The van der Waals surface area contributed by atoms with Gasteiger partial charge in [-0.2, -0.15) is 0 Å². The molecule has 1 unspecified atom stereocenters. The molecule has 0 fully saturated rings. The summed E-state index contributed by atoms with van der Waals surface area (Å²) in [5.41, 5.74) is -0.295. The van der Waals surface area contributed by atoms with E-state index in [4.69, 9.17) is 0 Å². The Morgan fingerprint density at radius 3 is 2.31 bits per heavy atom. The number of aliphatic hydroxyl groups is 1. The average molecular weight is 514 g/mol. The van der Waals surface area contributed by atoms with Crippen molar-refractivity contribution in [2.24, 2.45) is 4.99 Å². The number of rotatable bonds is 8. The van der Waals surface area contributed by atoms with Crippen LogP contribution >= 0.6 is 24.0 Å². The highest BCUT2D eigenvalue weighted by Crippen LogP contribution is 2.20. The van der Waals surface area contributed by atoms with Gasteiger partial charge >= 0.3 is 0 Å². The molecule has 158 valence electrons. The predicted octanol–water partition coefficient (Wildman–Crippen LogP) is 2.64. The van der Waals surface area contributed by atoms with Crippen molar-refractivity contribution < 1.29 is 14.3 Å². The SMILES string of the molecule is CCNC(=NCC(C)(O)c1ccccc1)NCCNC(=O)c1ccccc1F.I. The molecular weight excluding hydrogens is 486 g/mol. The van der Waals surface area contributed by atoms with Crippen LogP contribution in [0.25, 0.3) is 0 Å². The molecule has 2 aromatic carbocycles. The molecule has 0 radical (unpaired) electrons. The summed E-state index contributed by atoms with van der Waals surface area (Å²) < 4.78 is 13.6. The zero-order valence-corrected chi connectivity index (χ0v) is 18.9. The first-order valence-corrected chi connectivity index (χ1v) is 9.27. The summed E-state index contributed by atoms with van der Waals surface area (Å²) in [5.74, 6) is -0.487. The highest BCUT2D eigenvalue weighted by Gasteiger charge is 2.22. The van der Waals surface area contributed by atoms with Crippen molar-refractivity contribution in [1.29, 1.82) is 0 Å². The van der Waals surface area contributed by atoms with E-state index in [9.17, 15) is 14.3 Å². The number of carbonyl (C=O) groups excluding carboxylic acids is 1. The summed E-state index contributed by atoms with van der Waals surface area (Å²) in [6.07, 6.45) is 0. The number of hydrogen-bond acceptors (Lipinski definition) is 3. The maximum atomic E-state index is 13.6. The van der Waals surface area contributed by atoms with Gasteiger partial charge in [0.15, 0.2) is 5.96 Å². The largest absolute Gasteiger partial charge is 0.384 e. The second kappa shape index (κ2) is 12.4. The van der Waals surface area contributed by atoms with Crippen molar-refractivity contribution in [3.05, 3.63) is 71.5 Å². The molecule has 0 spiro atoms. The summed E-state index contributed by atoms with van der Waals surface area (Å²) >= 11 is 0. The Bertz CT molecular complexity index is 800. The van der Waals surface area contributed by atoms with Crippen LogP contribution in [0.3, 0.4) is 0 Å². The van der Waals surface area contributed by atoms with Gasteiger partial charge in [0, 0.05) is 19.6 Å². The van der Waals surface area contributed by atoms with Crippen LogP contribution in [-0.2, 0) is 5.60 Å². The number of aliphatic imine (C=N–C) groups is 1. The lowest BCUT2D eigenvalue weighted by atomic mass is 9.96. The van der Waals surface area contributed by atoms with Crippen LogP contribution in [0.2, 0.25) is 0 Å². The van der Waals surface area contributed by atoms with Crippen LogP contribution < -0.4 is 16.0 Å². The fourth-order valence-electron chi connectivity index (χ4n) is 2.56. The van der Waals surface area contributed by atoms with E-state index in [2.05, 4.69) is 20.9 Å². The highest BCUT2D eigenvalue weighted by atomic mass is 127. The third-order valence-electron chi connectivity index (χ3n) is 4.11. The molecule has 8 heteroatoms. The Hall–Kier alpha value is -2.20. The fourth-order valence-corrected chi connectivity index (χ4v) is 2.56. The van der Waals surface area contributed by atoms with Crippen molar-refractivity contribution in [2.75, 3.05) is 26.2 Å². The topological polar surface area (TPSA) is 85.8 Å². The normalized spacial score (nSPS) is 13.0. The molecule has 0 aliphatic heterocycles. The standard InChI is InChI=1S/C21H27FN4O2.HI/c1-3-23-20(26-15-21(2,28)16-9-5-4-6-10-16)25-14-13-24-19(27)17-11-7-8-12-18(17)22;/h4-12,28H,3,13-15H2,1-2H3,(H,24,27)(H2,23,25,26);1H. The Kier molecular flexibility index (Phi) is 10.6. The van der Waals surface area contributed by atoms with Crippen LogP contribution in [0.4, 0.5) is 4.39 Å². The average Bonchev–Trinajstić information content (AvgIpc) is 2.70. The van der Waals surface area contributed by atoms with Crippen molar-refractivity contribution in [1.82, 2.24) is 16.0 Å². The maximum Gasteiger partial charge on any atom is 0.254 e. The molecule has 2 rings (SSSR count). The smallest absolute Gasteiger partial charge is 0.254 e. The number of hydrogen-bond donors (Lipinski definition) is 4. The minimum atomic E-state index is -1.09. The van der Waals surface area contributed by atoms with E-state index in [0.29, 0.717) is 25.6 Å². The molecule has 0 aliphatic carbocycles. The van der Waals surface area contributed by atoms with Crippen molar-refractivity contribution in [2.45, 2.75) is 19.4 Å². The number of guanidine groups is 1. The lowest BCUT2D eigenvalue weighted by Crippen LogP contribution is -2.42. The van der Waals surface area contributed by atoms with Crippen LogP contribution in [0, 0.1) is 5.82 Å². The summed E-state index contributed by atoms with van der Waals surface area (Å²) in [6, 6.07) is 15.2. The molecule has 0 aromatic heterocycles. The van der Waals surface area contributed by atoms with Gasteiger partial charge in [0.2, 0.25) is 0 Å². The Balaban J connectivity index is 0.00000420. The predicted molar refractivity (Wildman–Crippen MR) is 124 cm³/mol. The van der Waals surface area contributed by atoms with Gasteiger partial charge in [0.1, 0.15) is 11.4 Å². The molecular formula is C21H28FIN4O2. The van der Waals surface area contributed by atoms with E-state index in [1.54, 1.807) is 13.0 Å². The number of carbonyl (C=O) groups is 1. The first kappa shape index (κ1) is 24.8. The molecule has 29 heavy (non-hydrogen) atoms. The van der Waals surface area contributed by atoms with Crippen LogP contribution in [0.1, 0.15) is 29.8 Å². The number of nitrogens with one attached hydrogen (secondary N) is 3. The Morgan fingerprint density at radius 1 is 1.03 bits per heavy atom. The summed E-state index contributed by atoms with van der Waals surface area (Å²) in [7, 11) is 0. The molecule has 0 saturated heterocycles. The van der Waals surface area contributed by atoms with Crippen LogP contribution in [0.5, 0.6) is 0 Å². The number of halogens is 2. The van der Waals surface area contributed by atoms with E-state index in [0.717, 1.165) is 5.56 Å². The van der Waals surface area contributed by atoms with Gasteiger partial charge in [-0.05, 0) is 31.5 Å². The second-order valence-electron chi connectivity index (χ2n) is 6.50. The first-order valence-electron chi connectivity index (χ1n) is 9.27. The maximum absolute atomic E-state index is 13.6. The molecule has 4 N–H and O–H groups in total. The minimum Gasteiger partial charge on any atom is -0.384 e. The molecule has 0 heterocycles. The minimum absolute atomic E-state index is 0. The summed E-state index contributed by atoms with van der Waals surface area (Å²) in [6.45, 7) is 5.18. The fraction of sp³-hybridized carbons (Fsp3) is 0.333. The molecule has 6 nitrogen and oxygen atoms in total. The van der Waals surface area contributed by atoms with E-state index < -0.39 is 17.3 Å². The van der Waals surface area contributed by atoms with E-state index in [1.165, 1.54) is 18.2 Å². The van der Waals surface area contributed by atoms with Gasteiger partial charge in [-0.1, -0.05) is 42.5 Å². The van der Waals surface area contributed by atoms with E-state index in [-0.39, 0.29) is 36.1 Å². The van der Waals surface area contributed by atoms with Gasteiger partial charge in [-0.15, -0.1) is 24.0 Å². The van der Waals surface area contributed by atoms with Gasteiger partial charge in [-0.25, -0.2) is 9.38 Å². The third kappa shape index (κ3) is 7.98. The van der Waals surface area contributed by atoms with Crippen molar-refractivity contribution in [3.8, 4) is 0 Å². The Morgan fingerprint density at radius 2 is 1.66 bits per heavy atom. The number of amides is 1. The van der Waals surface area contributed by atoms with Crippen molar-refractivity contribution >= 4 is 35.8 Å². The molecule has 0 aliphatic rings. The summed E-state index contributed by atoms with van der Waals surface area (Å²) in [4.78, 5) is 16.4. The van der Waals surface area contributed by atoms with Gasteiger partial charge < -0.3 is 21.1 Å². The second-order valence-corrected chi connectivity index (χ2v) is 6.50. The monoisotopic (exact) mass is 514 g/mol. The van der Waals surface area contributed by atoms with Gasteiger partial charge in [0.05, 0.1) is 12.1 Å². The van der Waals surface area contributed by atoms with Gasteiger partial charge in [-0.3, -0.25) is 4.79 Å². The van der Waals surface area contributed by atoms with Crippen LogP contribution in [0.15, 0.2) is 59.6 Å². The number of nitrogens with zero attached hydrogens (tertiary/aromatic N) is 1. The quantitative estimate of drug-likeness (QED) is 0.189. The Labute approximate surface area is 188 Å². The van der Waals surface area contributed by atoms with Crippen molar-refractivity contribution in [3.63, 3.8) is 0 Å². The third-order valence-corrected chi connectivity index (χ3v) is 4.11. The molecule has 1 atom stereocenters. The zero-order chi connectivity index (χ0) is 20.4. The number of benzene rings is 2. The highest BCUT2D eigenvalue weighted by molar-refractivity contribution is 14.0.